The number of aromatic nitrogens is 4. The van der Waals surface area contributed by atoms with E-state index in [-0.39, 0.29) is 5.69 Å². The SMILES string of the molecule is Cc1nc(N2CCCCC2)ncc1-c1cc(=O)n(-c2cc(F)cc(F)c2)[nH]1. The Hall–Kier alpha value is -3.03. The van der Waals surface area contributed by atoms with E-state index in [0.29, 0.717) is 17.2 Å². The minimum atomic E-state index is -0.751. The van der Waals surface area contributed by atoms with E-state index >= 15 is 0 Å². The topological polar surface area (TPSA) is 66.8 Å². The molecule has 6 nitrogen and oxygen atoms in total. The van der Waals surface area contributed by atoms with Gasteiger partial charge in [-0.15, -0.1) is 0 Å². The minimum absolute atomic E-state index is 0.0901. The number of rotatable bonds is 3. The second kappa shape index (κ2) is 6.94. The lowest BCUT2D eigenvalue weighted by Crippen LogP contribution is -2.31. The monoisotopic (exact) mass is 371 g/mol. The van der Waals surface area contributed by atoms with E-state index in [1.54, 1.807) is 6.20 Å². The second-order valence-corrected chi connectivity index (χ2v) is 6.69. The van der Waals surface area contributed by atoms with Gasteiger partial charge in [0.15, 0.2) is 0 Å². The standard InChI is InChI=1S/C19H19F2N5O/c1-12-16(11-22-19(23-12)25-5-3-2-4-6-25)17-10-18(27)26(24-17)15-8-13(20)7-14(21)9-15/h7-11,24H,2-6H2,1H3. The number of hydrogen-bond acceptors (Lipinski definition) is 4. The highest BCUT2D eigenvalue weighted by Crippen LogP contribution is 2.23. The van der Waals surface area contributed by atoms with E-state index in [1.165, 1.54) is 12.5 Å². The summed E-state index contributed by atoms with van der Waals surface area (Å²) >= 11 is 0. The molecule has 0 radical (unpaired) electrons. The molecule has 140 valence electrons. The molecule has 2 aromatic heterocycles. The van der Waals surface area contributed by atoms with Gasteiger partial charge in [0.05, 0.1) is 17.1 Å². The highest BCUT2D eigenvalue weighted by atomic mass is 19.1. The Kier molecular flexibility index (Phi) is 4.47. The lowest BCUT2D eigenvalue weighted by Gasteiger charge is -2.26. The molecular formula is C19H19F2N5O. The average Bonchev–Trinajstić information content (AvgIpc) is 3.03. The second-order valence-electron chi connectivity index (χ2n) is 6.69. The lowest BCUT2D eigenvalue weighted by atomic mass is 10.1. The molecule has 1 N–H and O–H groups in total. The van der Waals surface area contributed by atoms with Gasteiger partial charge in [-0.05, 0) is 38.3 Å². The first-order chi connectivity index (χ1) is 13.0. The third kappa shape index (κ3) is 3.47. The third-order valence-electron chi connectivity index (χ3n) is 4.72. The van der Waals surface area contributed by atoms with Crippen molar-refractivity contribution in [2.45, 2.75) is 26.2 Å². The van der Waals surface area contributed by atoms with Crippen LogP contribution in [-0.4, -0.2) is 32.8 Å². The van der Waals surface area contributed by atoms with Gasteiger partial charge in [-0.1, -0.05) is 0 Å². The van der Waals surface area contributed by atoms with Gasteiger partial charge in [0.2, 0.25) is 5.95 Å². The number of hydrogen-bond donors (Lipinski definition) is 1. The van der Waals surface area contributed by atoms with E-state index < -0.39 is 17.2 Å². The first kappa shape index (κ1) is 17.4. The van der Waals surface area contributed by atoms with Crippen molar-refractivity contribution in [2.24, 2.45) is 0 Å². The van der Waals surface area contributed by atoms with Gasteiger partial charge in [0, 0.05) is 37.0 Å². The molecule has 8 heteroatoms. The molecule has 1 aliphatic heterocycles. The Morgan fingerprint density at radius 3 is 2.41 bits per heavy atom. The third-order valence-corrected chi connectivity index (χ3v) is 4.72. The Morgan fingerprint density at radius 1 is 1.04 bits per heavy atom. The Bertz CT molecular complexity index is 1020. The van der Waals surface area contributed by atoms with Crippen LogP contribution in [0.15, 0.2) is 35.3 Å². The zero-order valence-corrected chi connectivity index (χ0v) is 14.9. The molecule has 0 aliphatic carbocycles. The van der Waals surface area contributed by atoms with E-state index in [4.69, 9.17) is 0 Å². The summed E-state index contributed by atoms with van der Waals surface area (Å²) in [6.07, 6.45) is 5.16. The summed E-state index contributed by atoms with van der Waals surface area (Å²) in [6.45, 7) is 3.73. The maximum atomic E-state index is 13.5. The lowest BCUT2D eigenvalue weighted by molar-refractivity contribution is 0.567. The van der Waals surface area contributed by atoms with Crippen molar-refractivity contribution in [1.29, 1.82) is 0 Å². The summed E-state index contributed by atoms with van der Waals surface area (Å²) in [7, 11) is 0. The summed E-state index contributed by atoms with van der Waals surface area (Å²) in [5.74, 6) is -0.818. The summed E-state index contributed by atoms with van der Waals surface area (Å²) in [5.41, 5.74) is 1.56. The maximum absolute atomic E-state index is 13.5. The number of H-pyrrole nitrogens is 1. The predicted octanol–water partition coefficient (Wildman–Crippen LogP) is 3.20. The first-order valence-electron chi connectivity index (χ1n) is 8.89. The number of aromatic amines is 1. The van der Waals surface area contributed by atoms with Crippen LogP contribution < -0.4 is 10.5 Å². The molecule has 0 unspecified atom stereocenters. The molecule has 0 bridgehead atoms. The number of halogens is 2. The van der Waals surface area contributed by atoms with Crippen LogP contribution >= 0.6 is 0 Å². The van der Waals surface area contributed by atoms with Crippen molar-refractivity contribution in [2.75, 3.05) is 18.0 Å². The molecular weight excluding hydrogens is 352 g/mol. The highest BCUT2D eigenvalue weighted by molar-refractivity contribution is 5.61. The van der Waals surface area contributed by atoms with Crippen molar-refractivity contribution >= 4 is 5.95 Å². The van der Waals surface area contributed by atoms with E-state index in [9.17, 15) is 13.6 Å². The molecule has 1 saturated heterocycles. The zero-order valence-electron chi connectivity index (χ0n) is 14.9. The van der Waals surface area contributed by atoms with Crippen LogP contribution in [0, 0.1) is 18.6 Å². The van der Waals surface area contributed by atoms with Crippen molar-refractivity contribution < 1.29 is 8.78 Å². The smallest absolute Gasteiger partial charge is 0.271 e. The Labute approximate surface area is 154 Å². The number of aryl methyl sites for hydroxylation is 1. The number of nitrogens with one attached hydrogen (secondary N) is 1. The average molecular weight is 371 g/mol. The van der Waals surface area contributed by atoms with Crippen molar-refractivity contribution in [3.05, 3.63) is 58.1 Å². The minimum Gasteiger partial charge on any atom is -0.341 e. The van der Waals surface area contributed by atoms with Crippen molar-refractivity contribution in [1.82, 2.24) is 19.7 Å². The van der Waals surface area contributed by atoms with Crippen LogP contribution in [0.2, 0.25) is 0 Å². The molecule has 0 saturated carbocycles. The maximum Gasteiger partial charge on any atom is 0.271 e. The van der Waals surface area contributed by atoms with Gasteiger partial charge in [0.1, 0.15) is 11.6 Å². The Morgan fingerprint density at radius 2 is 1.74 bits per heavy atom. The van der Waals surface area contributed by atoms with E-state index in [1.807, 2.05) is 6.92 Å². The van der Waals surface area contributed by atoms with Gasteiger partial charge in [-0.25, -0.2) is 23.4 Å². The van der Waals surface area contributed by atoms with Crippen LogP contribution in [0.4, 0.5) is 14.7 Å². The zero-order chi connectivity index (χ0) is 19.0. The molecule has 0 amide bonds. The summed E-state index contributed by atoms with van der Waals surface area (Å²) in [5, 5.41) is 2.89. The molecule has 1 aromatic carbocycles. The summed E-state index contributed by atoms with van der Waals surface area (Å²) < 4.78 is 28.0. The number of anilines is 1. The fourth-order valence-electron chi connectivity index (χ4n) is 3.36. The van der Waals surface area contributed by atoms with Gasteiger partial charge in [-0.3, -0.25) is 9.89 Å². The largest absolute Gasteiger partial charge is 0.341 e. The first-order valence-corrected chi connectivity index (χ1v) is 8.89. The van der Waals surface area contributed by atoms with Gasteiger partial charge < -0.3 is 4.90 Å². The van der Waals surface area contributed by atoms with E-state index in [2.05, 4.69) is 20.0 Å². The van der Waals surface area contributed by atoms with Crippen LogP contribution in [0.3, 0.4) is 0 Å². The molecule has 0 spiro atoms. The highest BCUT2D eigenvalue weighted by Gasteiger charge is 2.16. The van der Waals surface area contributed by atoms with Gasteiger partial charge in [-0.2, -0.15) is 0 Å². The van der Waals surface area contributed by atoms with Crippen molar-refractivity contribution in [3.8, 4) is 16.9 Å². The number of nitrogens with zero attached hydrogens (tertiary/aromatic N) is 4. The van der Waals surface area contributed by atoms with Crippen LogP contribution in [0.1, 0.15) is 25.0 Å². The van der Waals surface area contributed by atoms with Crippen LogP contribution in [0.25, 0.3) is 16.9 Å². The number of piperidine rings is 1. The Balaban J connectivity index is 1.69. The molecule has 0 atom stereocenters. The quantitative estimate of drug-likeness (QED) is 0.768. The molecule has 3 aromatic rings. The van der Waals surface area contributed by atoms with Crippen LogP contribution in [0.5, 0.6) is 0 Å². The van der Waals surface area contributed by atoms with Gasteiger partial charge in [0.25, 0.3) is 5.56 Å². The fraction of sp³-hybridized carbons (Fsp3) is 0.316. The van der Waals surface area contributed by atoms with E-state index in [0.717, 1.165) is 54.5 Å². The molecule has 3 heterocycles. The van der Waals surface area contributed by atoms with Gasteiger partial charge >= 0.3 is 0 Å². The molecule has 4 rings (SSSR count). The van der Waals surface area contributed by atoms with Crippen molar-refractivity contribution in [3.63, 3.8) is 0 Å². The summed E-state index contributed by atoms with van der Waals surface area (Å²) in [4.78, 5) is 23.5. The molecule has 1 aliphatic rings. The summed E-state index contributed by atoms with van der Waals surface area (Å²) in [6, 6.07) is 4.31. The fourth-order valence-corrected chi connectivity index (χ4v) is 3.36. The predicted molar refractivity (Wildman–Crippen MR) is 98.1 cm³/mol. The molecule has 1 fully saturated rings. The van der Waals surface area contributed by atoms with Crippen LogP contribution in [-0.2, 0) is 0 Å². The molecule has 27 heavy (non-hydrogen) atoms. The number of benzene rings is 1. The normalized spacial score (nSPS) is 14.6.